The molecular weight excluding hydrogens is 342 g/mol. The van der Waals surface area contributed by atoms with Crippen LogP contribution in [0.15, 0.2) is 42.5 Å². The van der Waals surface area contributed by atoms with Gasteiger partial charge in [0.05, 0.1) is 0 Å². The Bertz CT molecular complexity index is 824. The first-order chi connectivity index (χ1) is 12.5. The van der Waals surface area contributed by atoms with E-state index in [4.69, 9.17) is 4.74 Å². The van der Waals surface area contributed by atoms with Crippen LogP contribution in [0.1, 0.15) is 23.7 Å². The Labute approximate surface area is 149 Å². The minimum atomic E-state index is -0.811. The third-order valence-corrected chi connectivity index (χ3v) is 4.21. The van der Waals surface area contributed by atoms with Gasteiger partial charge >= 0.3 is 0 Å². The van der Waals surface area contributed by atoms with Crippen LogP contribution in [-0.4, -0.2) is 35.8 Å². The van der Waals surface area contributed by atoms with Crippen LogP contribution >= 0.6 is 0 Å². The minimum absolute atomic E-state index is 0.108. The van der Waals surface area contributed by atoms with Crippen molar-refractivity contribution < 1.29 is 23.1 Å². The Hall–Kier alpha value is -2.96. The number of rotatable bonds is 3. The molecule has 26 heavy (non-hydrogen) atoms. The number of hydrogen-bond acceptors (Lipinski definition) is 3. The number of nitrogens with one attached hydrogen (secondary N) is 1. The second-order valence-electron chi connectivity index (χ2n) is 6.02. The first kappa shape index (κ1) is 17.8. The van der Waals surface area contributed by atoms with E-state index in [1.54, 1.807) is 19.1 Å². The van der Waals surface area contributed by atoms with Gasteiger partial charge in [-0.05, 0) is 49.7 Å². The van der Waals surface area contributed by atoms with Gasteiger partial charge in [0.25, 0.3) is 5.91 Å². The Morgan fingerprint density at radius 3 is 2.62 bits per heavy atom. The van der Waals surface area contributed by atoms with Crippen molar-refractivity contribution in [1.29, 1.82) is 0 Å². The topological polar surface area (TPSA) is 58.6 Å². The van der Waals surface area contributed by atoms with E-state index in [9.17, 15) is 18.4 Å². The van der Waals surface area contributed by atoms with Crippen LogP contribution in [0.3, 0.4) is 0 Å². The maximum absolute atomic E-state index is 13.6. The van der Waals surface area contributed by atoms with Crippen molar-refractivity contribution in [3.05, 3.63) is 59.7 Å². The van der Waals surface area contributed by atoms with Crippen LogP contribution in [0, 0.1) is 11.6 Å². The quantitative estimate of drug-likeness (QED) is 0.915. The zero-order valence-electron chi connectivity index (χ0n) is 14.2. The summed E-state index contributed by atoms with van der Waals surface area (Å²) >= 11 is 0. The Balaban J connectivity index is 1.74. The van der Waals surface area contributed by atoms with E-state index in [0.29, 0.717) is 30.8 Å². The third kappa shape index (κ3) is 3.82. The summed E-state index contributed by atoms with van der Waals surface area (Å²) in [6.45, 7) is 2.72. The van der Waals surface area contributed by atoms with Crippen molar-refractivity contribution in [2.45, 2.75) is 19.4 Å². The first-order valence-corrected chi connectivity index (χ1v) is 8.27. The largest absolute Gasteiger partial charge is 0.454 e. The number of halogens is 2. The Morgan fingerprint density at radius 2 is 1.92 bits per heavy atom. The molecule has 0 saturated carbocycles. The molecule has 0 bridgehead atoms. The summed E-state index contributed by atoms with van der Waals surface area (Å²) in [5, 5.41) is 2.76. The molecule has 0 radical (unpaired) electrons. The number of nitrogens with zero attached hydrogens (tertiary/aromatic N) is 1. The van der Waals surface area contributed by atoms with Crippen LogP contribution in [0.25, 0.3) is 0 Å². The van der Waals surface area contributed by atoms with Gasteiger partial charge in [0, 0.05) is 24.7 Å². The fraction of sp³-hybridized carbons (Fsp3) is 0.263. The molecule has 136 valence electrons. The molecule has 1 N–H and O–H groups in total. The van der Waals surface area contributed by atoms with Gasteiger partial charge in [0.2, 0.25) is 5.91 Å². The van der Waals surface area contributed by atoms with Crippen LogP contribution in [0.5, 0.6) is 11.5 Å². The first-order valence-electron chi connectivity index (χ1n) is 8.27. The van der Waals surface area contributed by atoms with Gasteiger partial charge in [-0.25, -0.2) is 8.78 Å². The van der Waals surface area contributed by atoms with Gasteiger partial charge in [0.15, 0.2) is 11.6 Å². The molecule has 2 aromatic carbocycles. The van der Waals surface area contributed by atoms with Crippen molar-refractivity contribution >= 4 is 11.8 Å². The lowest BCUT2D eigenvalue weighted by Crippen LogP contribution is -2.45. The average molecular weight is 360 g/mol. The molecular formula is C19H18F2N2O3. The lowest BCUT2D eigenvalue weighted by Gasteiger charge is -2.25. The zero-order chi connectivity index (χ0) is 18.7. The van der Waals surface area contributed by atoms with E-state index < -0.39 is 17.7 Å². The molecule has 1 saturated heterocycles. The maximum Gasteiger partial charge on any atom is 0.254 e. The van der Waals surface area contributed by atoms with Crippen molar-refractivity contribution in [2.75, 3.05) is 13.1 Å². The number of carbonyl (C=O) groups excluding carboxylic acids is 2. The van der Waals surface area contributed by atoms with Gasteiger partial charge < -0.3 is 15.0 Å². The van der Waals surface area contributed by atoms with E-state index in [2.05, 4.69) is 5.32 Å². The summed E-state index contributed by atoms with van der Waals surface area (Å²) in [7, 11) is 0. The van der Waals surface area contributed by atoms with Crippen LogP contribution < -0.4 is 10.1 Å². The predicted molar refractivity (Wildman–Crippen MR) is 91.0 cm³/mol. The lowest BCUT2D eigenvalue weighted by molar-refractivity contribution is -0.124. The van der Waals surface area contributed by atoms with E-state index in [0.717, 1.165) is 12.1 Å². The molecule has 2 aromatic rings. The fourth-order valence-corrected chi connectivity index (χ4v) is 2.74. The molecule has 0 aromatic heterocycles. The highest BCUT2D eigenvalue weighted by molar-refractivity contribution is 5.97. The number of amides is 2. The number of carbonyl (C=O) groups is 2. The van der Waals surface area contributed by atoms with E-state index in [1.165, 1.54) is 23.1 Å². The molecule has 3 rings (SSSR count). The summed E-state index contributed by atoms with van der Waals surface area (Å²) in [5.74, 6) is -1.73. The normalized spacial score (nSPS) is 17.4. The molecule has 0 spiro atoms. The number of hydrogen-bond donors (Lipinski definition) is 1. The van der Waals surface area contributed by atoms with Crippen LogP contribution in [0.2, 0.25) is 0 Å². The van der Waals surface area contributed by atoms with Gasteiger partial charge in [-0.2, -0.15) is 0 Å². The van der Waals surface area contributed by atoms with E-state index in [1.807, 2.05) is 0 Å². The second-order valence-corrected chi connectivity index (χ2v) is 6.02. The highest BCUT2D eigenvalue weighted by atomic mass is 19.1. The monoisotopic (exact) mass is 360 g/mol. The predicted octanol–water partition coefficient (Wildman–Crippen LogP) is 3.11. The van der Waals surface area contributed by atoms with Gasteiger partial charge in [-0.3, -0.25) is 9.59 Å². The maximum atomic E-state index is 13.6. The highest BCUT2D eigenvalue weighted by Crippen LogP contribution is 2.25. The molecule has 7 heteroatoms. The van der Waals surface area contributed by atoms with E-state index >= 15 is 0 Å². The number of ether oxygens (including phenoxy) is 1. The standard InChI is InChI=1S/C19H18F2N2O3/c1-12-18(24)22-9-2-10-23(12)19(25)13-3-6-15(7-4-13)26-17-8-5-14(20)11-16(17)21/h3-8,11-12H,2,9-10H2,1H3,(H,22,24). The number of benzene rings is 2. The average Bonchev–Trinajstić information content (AvgIpc) is 2.79. The minimum Gasteiger partial charge on any atom is -0.454 e. The van der Waals surface area contributed by atoms with Gasteiger partial charge in [-0.15, -0.1) is 0 Å². The molecule has 1 aliphatic heterocycles. The third-order valence-electron chi connectivity index (χ3n) is 4.21. The highest BCUT2D eigenvalue weighted by Gasteiger charge is 2.28. The SMILES string of the molecule is CC1C(=O)NCCCN1C(=O)c1ccc(Oc2ccc(F)cc2F)cc1. The summed E-state index contributed by atoms with van der Waals surface area (Å²) in [5.41, 5.74) is 0.401. The van der Waals surface area contributed by atoms with Crippen molar-refractivity contribution in [3.8, 4) is 11.5 Å². The molecule has 1 atom stereocenters. The molecule has 1 unspecified atom stereocenters. The Kier molecular flexibility index (Phi) is 5.16. The van der Waals surface area contributed by atoms with Gasteiger partial charge in [-0.1, -0.05) is 0 Å². The molecule has 2 amide bonds. The van der Waals surface area contributed by atoms with Gasteiger partial charge in [0.1, 0.15) is 17.6 Å². The Morgan fingerprint density at radius 1 is 1.19 bits per heavy atom. The molecule has 1 fully saturated rings. The summed E-state index contributed by atoms with van der Waals surface area (Å²) in [4.78, 5) is 26.1. The van der Waals surface area contributed by atoms with Crippen molar-refractivity contribution in [1.82, 2.24) is 10.2 Å². The second kappa shape index (κ2) is 7.51. The van der Waals surface area contributed by atoms with Crippen LogP contribution in [0.4, 0.5) is 8.78 Å². The van der Waals surface area contributed by atoms with E-state index in [-0.39, 0.29) is 17.6 Å². The van der Waals surface area contributed by atoms with Crippen LogP contribution in [-0.2, 0) is 4.79 Å². The summed E-state index contributed by atoms with van der Waals surface area (Å²) in [6, 6.07) is 8.64. The zero-order valence-corrected chi connectivity index (χ0v) is 14.2. The molecule has 1 aliphatic rings. The smallest absolute Gasteiger partial charge is 0.254 e. The summed E-state index contributed by atoms with van der Waals surface area (Å²) in [6.07, 6.45) is 0.687. The molecule has 1 heterocycles. The fourth-order valence-electron chi connectivity index (χ4n) is 2.74. The van der Waals surface area contributed by atoms with Crippen molar-refractivity contribution in [3.63, 3.8) is 0 Å². The summed E-state index contributed by atoms with van der Waals surface area (Å²) < 4.78 is 31.9. The van der Waals surface area contributed by atoms with Crippen molar-refractivity contribution in [2.24, 2.45) is 0 Å². The lowest BCUT2D eigenvalue weighted by atomic mass is 10.1. The molecule has 0 aliphatic carbocycles. The molecule has 5 nitrogen and oxygen atoms in total.